The Morgan fingerprint density at radius 3 is 2.60 bits per heavy atom. The highest BCUT2D eigenvalue weighted by Crippen LogP contribution is 2.08. The van der Waals surface area contributed by atoms with Crippen molar-refractivity contribution in [2.75, 3.05) is 18.0 Å². The van der Waals surface area contributed by atoms with Gasteiger partial charge in [-0.2, -0.15) is 5.10 Å². The second-order valence-electron chi connectivity index (χ2n) is 2.95. The molecule has 0 unspecified atom stereocenters. The van der Waals surface area contributed by atoms with Crippen molar-refractivity contribution in [1.82, 2.24) is 10.2 Å². The van der Waals surface area contributed by atoms with Gasteiger partial charge in [0.2, 0.25) is 0 Å². The fourth-order valence-corrected chi connectivity index (χ4v) is 1.26. The molecule has 1 rings (SSSR count). The number of hydrogen-bond acceptors (Lipinski definition) is 4. The van der Waals surface area contributed by atoms with Crippen molar-refractivity contribution in [3.8, 4) is 0 Å². The molecule has 6 nitrogen and oxygen atoms in total. The van der Waals surface area contributed by atoms with Crippen molar-refractivity contribution < 1.29 is 9.90 Å². The van der Waals surface area contributed by atoms with Gasteiger partial charge in [0, 0.05) is 19.2 Å². The summed E-state index contributed by atoms with van der Waals surface area (Å²) in [4.78, 5) is 23.7. The molecule has 0 fully saturated rings. The van der Waals surface area contributed by atoms with Crippen molar-refractivity contribution in [2.45, 2.75) is 13.8 Å². The Hall–Kier alpha value is -1.85. The maximum absolute atomic E-state index is 11.1. The maximum atomic E-state index is 11.1. The smallest absolute Gasteiger partial charge is 0.341 e. The van der Waals surface area contributed by atoms with E-state index < -0.39 is 11.5 Å². The lowest BCUT2D eigenvalue weighted by Crippen LogP contribution is -2.27. The van der Waals surface area contributed by atoms with Gasteiger partial charge in [-0.05, 0) is 13.8 Å². The van der Waals surface area contributed by atoms with Crippen LogP contribution in [0.15, 0.2) is 10.9 Å². The van der Waals surface area contributed by atoms with Crippen LogP contribution in [0.25, 0.3) is 0 Å². The van der Waals surface area contributed by atoms with E-state index >= 15 is 0 Å². The lowest BCUT2D eigenvalue weighted by molar-refractivity contribution is 0.0694. The minimum atomic E-state index is -1.24. The number of carbonyl (C=O) groups is 1. The van der Waals surface area contributed by atoms with E-state index in [0.29, 0.717) is 18.9 Å². The lowest BCUT2D eigenvalue weighted by atomic mass is 10.3. The normalized spacial score (nSPS) is 10.0. The number of aromatic nitrogens is 2. The Bertz CT molecular complexity index is 409. The summed E-state index contributed by atoms with van der Waals surface area (Å²) in [6, 6.07) is 1.29. The molecule has 1 heterocycles. The summed E-state index contributed by atoms with van der Waals surface area (Å²) in [5.41, 5.74) is -0.967. The molecule has 0 aliphatic heterocycles. The molecule has 0 amide bonds. The minimum Gasteiger partial charge on any atom is -0.477 e. The van der Waals surface area contributed by atoms with Gasteiger partial charge in [0.15, 0.2) is 0 Å². The Morgan fingerprint density at radius 1 is 1.53 bits per heavy atom. The van der Waals surface area contributed by atoms with Gasteiger partial charge in [0.25, 0.3) is 5.56 Å². The molecule has 1 aromatic heterocycles. The second-order valence-corrected chi connectivity index (χ2v) is 2.95. The van der Waals surface area contributed by atoms with Crippen LogP contribution in [0.1, 0.15) is 24.2 Å². The monoisotopic (exact) mass is 211 g/mol. The quantitative estimate of drug-likeness (QED) is 0.748. The number of H-pyrrole nitrogens is 1. The van der Waals surface area contributed by atoms with Gasteiger partial charge >= 0.3 is 5.97 Å². The Balaban J connectivity index is 3.17. The van der Waals surface area contributed by atoms with E-state index in [2.05, 4.69) is 10.2 Å². The van der Waals surface area contributed by atoms with Crippen molar-refractivity contribution in [3.05, 3.63) is 22.0 Å². The van der Waals surface area contributed by atoms with Gasteiger partial charge in [-0.3, -0.25) is 4.79 Å². The van der Waals surface area contributed by atoms with E-state index in [1.165, 1.54) is 6.07 Å². The predicted octanol–water partition coefficient (Wildman–Crippen LogP) is 0.314. The molecule has 0 saturated heterocycles. The van der Waals surface area contributed by atoms with Gasteiger partial charge in [0.05, 0.1) is 0 Å². The van der Waals surface area contributed by atoms with Crippen molar-refractivity contribution >= 4 is 11.8 Å². The highest BCUT2D eigenvalue weighted by atomic mass is 16.4. The zero-order valence-corrected chi connectivity index (χ0v) is 8.65. The molecular weight excluding hydrogens is 198 g/mol. The molecule has 0 spiro atoms. The van der Waals surface area contributed by atoms with Crippen LogP contribution in [0.4, 0.5) is 5.82 Å². The third kappa shape index (κ3) is 2.34. The molecule has 2 N–H and O–H groups in total. The lowest BCUT2D eigenvalue weighted by Gasteiger charge is -2.18. The number of nitrogens with one attached hydrogen (secondary N) is 1. The first-order valence-corrected chi connectivity index (χ1v) is 4.68. The largest absolute Gasteiger partial charge is 0.477 e. The Morgan fingerprint density at radius 2 is 2.13 bits per heavy atom. The standard InChI is InChI=1S/C9H13N3O3/c1-3-12(4-2)7-5-6(9(14)15)8(13)11-10-7/h5H,3-4H2,1-2H3,(H,11,13)(H,14,15). The molecule has 0 aromatic carbocycles. The molecule has 0 atom stereocenters. The summed E-state index contributed by atoms with van der Waals surface area (Å²) in [6.07, 6.45) is 0. The van der Waals surface area contributed by atoms with Crippen LogP contribution in [0.5, 0.6) is 0 Å². The zero-order valence-electron chi connectivity index (χ0n) is 8.65. The van der Waals surface area contributed by atoms with E-state index in [0.717, 1.165) is 0 Å². The van der Waals surface area contributed by atoms with E-state index in [-0.39, 0.29) is 5.56 Å². The van der Waals surface area contributed by atoms with E-state index in [9.17, 15) is 9.59 Å². The fraction of sp³-hybridized carbons (Fsp3) is 0.444. The maximum Gasteiger partial charge on any atom is 0.341 e. The van der Waals surface area contributed by atoms with Gasteiger partial charge in [-0.1, -0.05) is 0 Å². The number of carboxylic acid groups (broad SMARTS) is 1. The van der Waals surface area contributed by atoms with Gasteiger partial charge in [-0.25, -0.2) is 9.89 Å². The van der Waals surface area contributed by atoms with Crippen molar-refractivity contribution in [1.29, 1.82) is 0 Å². The molecule has 0 saturated carbocycles. The molecule has 6 heteroatoms. The second kappa shape index (κ2) is 4.59. The summed E-state index contributed by atoms with van der Waals surface area (Å²) >= 11 is 0. The number of carboxylic acids is 1. The molecule has 0 bridgehead atoms. The number of aromatic carboxylic acids is 1. The van der Waals surface area contributed by atoms with Crippen LogP contribution >= 0.6 is 0 Å². The molecule has 82 valence electrons. The van der Waals surface area contributed by atoms with Crippen LogP contribution in [-0.2, 0) is 0 Å². The van der Waals surface area contributed by atoms with Gasteiger partial charge < -0.3 is 10.0 Å². The first kappa shape index (κ1) is 11.2. The number of anilines is 1. The SMILES string of the molecule is CCN(CC)c1cc(C(=O)O)c(=O)[nH]n1. The topological polar surface area (TPSA) is 86.3 Å². The first-order valence-electron chi connectivity index (χ1n) is 4.68. The summed E-state index contributed by atoms with van der Waals surface area (Å²) in [5.74, 6) is -0.774. The highest BCUT2D eigenvalue weighted by Gasteiger charge is 2.12. The molecule has 0 aliphatic rings. The third-order valence-corrected chi connectivity index (χ3v) is 2.11. The average molecular weight is 211 g/mol. The molecule has 15 heavy (non-hydrogen) atoms. The Kier molecular flexibility index (Phi) is 3.43. The van der Waals surface area contributed by atoms with Crippen LogP contribution < -0.4 is 10.5 Å². The van der Waals surface area contributed by atoms with Crippen LogP contribution in [0.2, 0.25) is 0 Å². The highest BCUT2D eigenvalue weighted by molar-refractivity contribution is 5.87. The van der Waals surface area contributed by atoms with Crippen LogP contribution in [0.3, 0.4) is 0 Å². The van der Waals surface area contributed by atoms with Crippen molar-refractivity contribution in [2.24, 2.45) is 0 Å². The number of hydrogen-bond donors (Lipinski definition) is 2. The van der Waals surface area contributed by atoms with Gasteiger partial charge in [0.1, 0.15) is 11.4 Å². The minimum absolute atomic E-state index is 0.285. The van der Waals surface area contributed by atoms with Crippen molar-refractivity contribution in [3.63, 3.8) is 0 Å². The van der Waals surface area contributed by atoms with Crippen LogP contribution in [0, 0.1) is 0 Å². The summed E-state index contributed by atoms with van der Waals surface area (Å²) in [5, 5.41) is 14.7. The van der Waals surface area contributed by atoms with Gasteiger partial charge in [-0.15, -0.1) is 0 Å². The summed E-state index contributed by atoms with van der Waals surface area (Å²) in [7, 11) is 0. The fourth-order valence-electron chi connectivity index (χ4n) is 1.26. The molecule has 0 aliphatic carbocycles. The molecule has 0 radical (unpaired) electrons. The van der Waals surface area contributed by atoms with Crippen LogP contribution in [-0.4, -0.2) is 34.4 Å². The summed E-state index contributed by atoms with van der Waals surface area (Å²) in [6.45, 7) is 5.26. The number of aromatic amines is 1. The van der Waals surface area contributed by atoms with E-state index in [1.54, 1.807) is 0 Å². The predicted molar refractivity (Wildman–Crippen MR) is 55.4 cm³/mol. The first-order chi connectivity index (χ1) is 7.10. The Labute approximate surface area is 86.5 Å². The van der Waals surface area contributed by atoms with E-state index in [4.69, 9.17) is 5.11 Å². The zero-order chi connectivity index (χ0) is 11.4. The number of rotatable bonds is 4. The van der Waals surface area contributed by atoms with E-state index in [1.807, 2.05) is 18.7 Å². The summed E-state index contributed by atoms with van der Waals surface area (Å²) < 4.78 is 0. The number of nitrogens with zero attached hydrogens (tertiary/aromatic N) is 2. The molecular formula is C9H13N3O3. The third-order valence-electron chi connectivity index (χ3n) is 2.11. The molecule has 1 aromatic rings. The average Bonchev–Trinajstić information content (AvgIpc) is 2.21.